The van der Waals surface area contributed by atoms with Gasteiger partial charge in [0.05, 0.1) is 25.4 Å². The molecule has 33 heavy (non-hydrogen) atoms. The van der Waals surface area contributed by atoms with E-state index in [1.165, 1.54) is 0 Å². The standard InChI is InChI=1S/C25H39N5O2S/c1-4-17-30(3)24(33-19-23(31)26-18-20-9-6-5-7-10-20)21-11-8-12-22(21)29(25(30)32)28-15-13-27(2)14-16-28/h5-7,9-10,21-22,24H,4,8,11-19H2,1-3H3/p+1. The highest BCUT2D eigenvalue weighted by Gasteiger charge is 2.59. The summed E-state index contributed by atoms with van der Waals surface area (Å²) in [5.41, 5.74) is 1.11. The van der Waals surface area contributed by atoms with Crippen molar-refractivity contribution >= 4 is 23.7 Å². The van der Waals surface area contributed by atoms with Crippen LogP contribution in [0, 0.1) is 5.92 Å². The Morgan fingerprint density at radius 3 is 2.58 bits per heavy atom. The molecule has 2 heterocycles. The van der Waals surface area contributed by atoms with Crippen LogP contribution in [0.1, 0.15) is 38.2 Å². The third-order valence-electron chi connectivity index (χ3n) is 7.60. The lowest BCUT2D eigenvalue weighted by atomic mass is 9.97. The van der Waals surface area contributed by atoms with Gasteiger partial charge in [0.1, 0.15) is 5.37 Å². The first-order chi connectivity index (χ1) is 15.9. The fraction of sp³-hybridized carbons (Fsp3) is 0.680. The molecule has 1 aromatic rings. The van der Waals surface area contributed by atoms with Crippen molar-refractivity contribution in [1.29, 1.82) is 0 Å². The lowest BCUT2D eigenvalue weighted by Crippen LogP contribution is -2.74. The molecule has 7 nitrogen and oxygen atoms in total. The molecule has 0 radical (unpaired) electrons. The monoisotopic (exact) mass is 474 g/mol. The summed E-state index contributed by atoms with van der Waals surface area (Å²) in [5, 5.41) is 7.68. The Bertz CT molecular complexity index is 816. The SMILES string of the molecule is CCC[N+]1(C)C(=O)N(N2CCN(C)CC2)C2CCCC2C1SCC(=O)NCc1ccccc1. The van der Waals surface area contributed by atoms with Crippen LogP contribution in [-0.4, -0.2) is 95.3 Å². The minimum Gasteiger partial charge on any atom is -0.351 e. The Labute approximate surface area is 203 Å². The number of fused-ring (bicyclic) bond motifs is 1. The van der Waals surface area contributed by atoms with Crippen LogP contribution in [0.4, 0.5) is 4.79 Å². The number of thioether (sulfide) groups is 1. The van der Waals surface area contributed by atoms with Crippen LogP contribution in [-0.2, 0) is 11.3 Å². The highest BCUT2D eigenvalue weighted by molar-refractivity contribution is 8.00. The summed E-state index contributed by atoms with van der Waals surface area (Å²) in [6.45, 7) is 7.35. The Kier molecular flexibility index (Phi) is 7.99. The number of amides is 3. The van der Waals surface area contributed by atoms with Crippen LogP contribution in [0.5, 0.6) is 0 Å². The maximum Gasteiger partial charge on any atom is 0.434 e. The molecule has 4 rings (SSSR count). The summed E-state index contributed by atoms with van der Waals surface area (Å²) < 4.78 is 0.403. The first-order valence-electron chi connectivity index (χ1n) is 12.5. The summed E-state index contributed by atoms with van der Waals surface area (Å²) in [6.07, 6.45) is 4.33. The molecule has 1 aromatic carbocycles. The van der Waals surface area contributed by atoms with E-state index in [1.54, 1.807) is 11.8 Å². The van der Waals surface area contributed by atoms with Gasteiger partial charge in [-0.25, -0.2) is 19.3 Å². The molecule has 3 amide bonds. The van der Waals surface area contributed by atoms with E-state index in [0.717, 1.165) is 64.0 Å². The first-order valence-corrected chi connectivity index (χ1v) is 13.5. The van der Waals surface area contributed by atoms with E-state index in [2.05, 4.69) is 41.3 Å². The van der Waals surface area contributed by atoms with Gasteiger partial charge in [-0.1, -0.05) is 55.4 Å². The summed E-state index contributed by atoms with van der Waals surface area (Å²) in [5.74, 6) is 0.890. The van der Waals surface area contributed by atoms with Crippen molar-refractivity contribution in [2.45, 2.75) is 50.6 Å². The molecule has 3 aliphatic rings. The smallest absolute Gasteiger partial charge is 0.351 e. The van der Waals surface area contributed by atoms with E-state index in [9.17, 15) is 9.59 Å². The Balaban J connectivity index is 1.46. The number of hydrogen-bond donors (Lipinski definition) is 1. The third-order valence-corrected chi connectivity index (χ3v) is 9.18. The Hall–Kier alpha value is -1.61. The van der Waals surface area contributed by atoms with E-state index in [0.29, 0.717) is 22.7 Å². The zero-order valence-electron chi connectivity index (χ0n) is 20.4. The second kappa shape index (κ2) is 10.8. The van der Waals surface area contributed by atoms with Crippen LogP contribution in [0.3, 0.4) is 0 Å². The van der Waals surface area contributed by atoms with Gasteiger partial charge in [-0.05, 0) is 31.9 Å². The summed E-state index contributed by atoms with van der Waals surface area (Å²) in [6, 6.07) is 10.5. The van der Waals surface area contributed by atoms with Crippen molar-refractivity contribution in [3.05, 3.63) is 35.9 Å². The topological polar surface area (TPSA) is 55.9 Å². The number of nitrogens with zero attached hydrogens (tertiary/aromatic N) is 4. The molecular formula is C25H40N5O2S+. The van der Waals surface area contributed by atoms with E-state index in [4.69, 9.17) is 0 Å². The van der Waals surface area contributed by atoms with Crippen LogP contribution in [0.2, 0.25) is 0 Å². The van der Waals surface area contributed by atoms with Crippen molar-refractivity contribution in [3.8, 4) is 0 Å². The number of piperazine rings is 1. The maximum absolute atomic E-state index is 14.1. The fourth-order valence-electron chi connectivity index (χ4n) is 5.84. The average molecular weight is 475 g/mol. The van der Waals surface area contributed by atoms with Crippen LogP contribution < -0.4 is 5.32 Å². The number of hydrogen-bond acceptors (Lipinski definition) is 5. The summed E-state index contributed by atoms with van der Waals surface area (Å²) in [7, 11) is 4.27. The van der Waals surface area contributed by atoms with Gasteiger partial charge in [0.2, 0.25) is 5.91 Å². The third kappa shape index (κ3) is 5.24. The van der Waals surface area contributed by atoms with Gasteiger partial charge < -0.3 is 10.2 Å². The minimum absolute atomic E-state index is 0.0513. The number of benzene rings is 1. The molecule has 4 unspecified atom stereocenters. The number of rotatable bonds is 8. The van der Waals surface area contributed by atoms with E-state index < -0.39 is 0 Å². The predicted octanol–water partition coefficient (Wildman–Crippen LogP) is 2.99. The van der Waals surface area contributed by atoms with Crippen LogP contribution >= 0.6 is 11.8 Å². The quantitative estimate of drug-likeness (QED) is 0.587. The molecule has 182 valence electrons. The molecule has 8 heteroatoms. The van der Waals surface area contributed by atoms with Gasteiger partial charge in [0, 0.05) is 38.6 Å². The molecule has 0 spiro atoms. The van der Waals surface area contributed by atoms with Crippen LogP contribution in [0.15, 0.2) is 30.3 Å². The van der Waals surface area contributed by atoms with Gasteiger partial charge in [-0.2, -0.15) is 0 Å². The molecule has 1 saturated carbocycles. The van der Waals surface area contributed by atoms with Gasteiger partial charge in [0.15, 0.2) is 0 Å². The van der Waals surface area contributed by atoms with Gasteiger partial charge in [0.25, 0.3) is 0 Å². The molecule has 1 N–H and O–H groups in total. The molecule has 2 aliphatic heterocycles. The summed E-state index contributed by atoms with van der Waals surface area (Å²) >= 11 is 1.70. The minimum atomic E-state index is 0.0513. The molecule has 0 aromatic heterocycles. The highest BCUT2D eigenvalue weighted by Crippen LogP contribution is 2.46. The molecule has 2 saturated heterocycles. The number of nitrogens with one attached hydrogen (secondary N) is 1. The number of hydrazine groups is 1. The first kappa shape index (κ1) is 24.5. The number of carbonyl (C=O) groups is 2. The van der Waals surface area contributed by atoms with Crippen molar-refractivity contribution in [2.75, 3.05) is 52.6 Å². The van der Waals surface area contributed by atoms with E-state index >= 15 is 0 Å². The lowest BCUT2D eigenvalue weighted by molar-refractivity contribution is -0.855. The molecule has 1 aliphatic carbocycles. The Morgan fingerprint density at radius 2 is 1.88 bits per heavy atom. The molecular weight excluding hydrogens is 434 g/mol. The zero-order chi connectivity index (χ0) is 23.4. The summed E-state index contributed by atoms with van der Waals surface area (Å²) in [4.78, 5) is 29.1. The second-order valence-electron chi connectivity index (χ2n) is 10.0. The number of likely N-dealkylation sites (N-methyl/N-ethyl adjacent to an activating group) is 1. The molecule has 3 fully saturated rings. The zero-order valence-corrected chi connectivity index (χ0v) is 21.2. The molecule has 0 bridgehead atoms. The maximum atomic E-state index is 14.1. The van der Waals surface area contributed by atoms with Crippen LogP contribution in [0.25, 0.3) is 0 Å². The number of carbonyl (C=O) groups excluding carboxylic acids is 2. The van der Waals surface area contributed by atoms with E-state index in [-0.39, 0.29) is 23.4 Å². The van der Waals surface area contributed by atoms with E-state index in [1.807, 2.05) is 30.3 Å². The second-order valence-corrected chi connectivity index (χ2v) is 11.1. The van der Waals surface area contributed by atoms with Gasteiger partial charge in [-0.15, -0.1) is 0 Å². The number of quaternary nitrogens is 1. The van der Waals surface area contributed by atoms with Crippen molar-refractivity contribution < 1.29 is 14.1 Å². The lowest BCUT2D eigenvalue weighted by Gasteiger charge is -2.54. The van der Waals surface area contributed by atoms with Crippen molar-refractivity contribution in [2.24, 2.45) is 5.92 Å². The Morgan fingerprint density at radius 1 is 1.15 bits per heavy atom. The number of urea groups is 1. The van der Waals surface area contributed by atoms with Crippen molar-refractivity contribution in [1.82, 2.24) is 20.2 Å². The molecule has 4 atom stereocenters. The largest absolute Gasteiger partial charge is 0.434 e. The predicted molar refractivity (Wildman–Crippen MR) is 133 cm³/mol. The average Bonchev–Trinajstić information content (AvgIpc) is 3.29. The normalized spacial score (nSPS) is 30.9. The van der Waals surface area contributed by atoms with Gasteiger partial charge >= 0.3 is 6.03 Å². The van der Waals surface area contributed by atoms with Crippen molar-refractivity contribution in [3.63, 3.8) is 0 Å². The highest BCUT2D eigenvalue weighted by atomic mass is 32.2. The fourth-order valence-corrected chi connectivity index (χ4v) is 7.35. The van der Waals surface area contributed by atoms with Gasteiger partial charge in [-0.3, -0.25) is 4.79 Å².